The number of rotatable bonds is 3. The summed E-state index contributed by atoms with van der Waals surface area (Å²) in [5.41, 5.74) is 2.95. The van der Waals surface area contributed by atoms with Crippen LogP contribution in [0.15, 0.2) is 83.2 Å². The Hall–Kier alpha value is -3.18. The van der Waals surface area contributed by atoms with Gasteiger partial charge in [0.2, 0.25) is 0 Å². The molecule has 0 spiro atoms. The molecular weight excluding hydrogens is 336 g/mol. The third-order valence-electron chi connectivity index (χ3n) is 3.71. The summed E-state index contributed by atoms with van der Waals surface area (Å²) in [4.78, 5) is 4.66. The van der Waals surface area contributed by atoms with Crippen LogP contribution in [0.25, 0.3) is 16.9 Å². The van der Waals surface area contributed by atoms with Crippen LogP contribution in [-0.2, 0) is 0 Å². The predicted octanol–water partition coefficient (Wildman–Crippen LogP) is 5.78. The number of aromatic hydroxyl groups is 1. The van der Waals surface area contributed by atoms with Gasteiger partial charge >= 0.3 is 0 Å². The number of benzene rings is 2. The Morgan fingerprint density at radius 1 is 0.920 bits per heavy atom. The van der Waals surface area contributed by atoms with Crippen LogP contribution in [0.2, 0.25) is 5.02 Å². The van der Waals surface area contributed by atoms with Gasteiger partial charge in [0.15, 0.2) is 5.82 Å². The summed E-state index contributed by atoms with van der Waals surface area (Å²) in [6.07, 6.45) is 1.89. The molecule has 0 aliphatic carbocycles. The highest BCUT2D eigenvalue weighted by atomic mass is 35.5. The van der Waals surface area contributed by atoms with Crippen molar-refractivity contribution in [1.82, 2.24) is 9.38 Å². The minimum Gasteiger partial charge on any atom is -0.508 e. The van der Waals surface area contributed by atoms with E-state index < -0.39 is 0 Å². The second-order valence-electron chi connectivity index (χ2n) is 5.44. The van der Waals surface area contributed by atoms with Crippen molar-refractivity contribution in [3.63, 3.8) is 0 Å². The molecule has 6 heteroatoms. The Balaban J connectivity index is 1.86. The van der Waals surface area contributed by atoms with Crippen molar-refractivity contribution in [3.05, 3.63) is 77.9 Å². The van der Waals surface area contributed by atoms with Crippen molar-refractivity contribution >= 4 is 28.8 Å². The van der Waals surface area contributed by atoms with Gasteiger partial charge in [0.1, 0.15) is 17.1 Å². The van der Waals surface area contributed by atoms with E-state index in [4.69, 9.17) is 11.6 Å². The number of halogens is 1. The fourth-order valence-corrected chi connectivity index (χ4v) is 2.67. The average molecular weight is 349 g/mol. The molecule has 0 aliphatic rings. The lowest BCUT2D eigenvalue weighted by Gasteiger charge is -2.00. The maximum absolute atomic E-state index is 9.57. The molecule has 2 aromatic carbocycles. The fraction of sp³-hybridized carbons (Fsp3) is 0. The molecule has 0 bridgehead atoms. The number of hydrogen-bond acceptors (Lipinski definition) is 4. The summed E-state index contributed by atoms with van der Waals surface area (Å²) in [5, 5.41) is 18.9. The molecule has 1 N–H and O–H groups in total. The van der Waals surface area contributed by atoms with Gasteiger partial charge < -0.3 is 5.11 Å². The zero-order valence-corrected chi connectivity index (χ0v) is 13.8. The Labute approximate surface area is 148 Å². The lowest BCUT2D eigenvalue weighted by atomic mass is 10.1. The number of phenols is 1. The van der Waals surface area contributed by atoms with E-state index in [1.807, 2.05) is 53.1 Å². The Bertz CT molecular complexity index is 1070. The van der Waals surface area contributed by atoms with Gasteiger partial charge in [-0.3, -0.25) is 4.40 Å². The van der Waals surface area contributed by atoms with Crippen molar-refractivity contribution in [1.29, 1.82) is 0 Å². The van der Waals surface area contributed by atoms with Crippen molar-refractivity contribution < 1.29 is 5.11 Å². The van der Waals surface area contributed by atoms with E-state index in [-0.39, 0.29) is 5.75 Å². The molecule has 0 radical (unpaired) electrons. The van der Waals surface area contributed by atoms with Crippen LogP contribution in [0, 0.1) is 0 Å². The monoisotopic (exact) mass is 348 g/mol. The second-order valence-corrected chi connectivity index (χ2v) is 5.88. The standard InChI is InChI=1S/C19H13ClN4O/c20-14-9-7-13(8-10-14)18-19(24-11-2-1-6-17(24)21-18)23-22-15-4-3-5-16(25)12-15/h1-12,25H. The van der Waals surface area contributed by atoms with Gasteiger partial charge in [0, 0.05) is 22.8 Å². The maximum atomic E-state index is 9.57. The number of hydrogen-bond donors (Lipinski definition) is 1. The first-order valence-corrected chi connectivity index (χ1v) is 8.02. The Kier molecular flexibility index (Phi) is 3.91. The van der Waals surface area contributed by atoms with Gasteiger partial charge in [-0.15, -0.1) is 10.2 Å². The first kappa shape index (κ1) is 15.4. The number of phenolic OH excluding ortho intramolecular Hbond substituents is 1. The summed E-state index contributed by atoms with van der Waals surface area (Å²) in [7, 11) is 0. The number of pyridine rings is 1. The Morgan fingerprint density at radius 2 is 1.76 bits per heavy atom. The van der Waals surface area contributed by atoms with Crippen molar-refractivity contribution in [3.8, 4) is 17.0 Å². The van der Waals surface area contributed by atoms with Crippen LogP contribution in [0.4, 0.5) is 11.5 Å². The zero-order valence-electron chi connectivity index (χ0n) is 13.0. The zero-order chi connectivity index (χ0) is 17.2. The first-order valence-electron chi connectivity index (χ1n) is 7.64. The molecule has 0 saturated carbocycles. The van der Waals surface area contributed by atoms with Crippen LogP contribution in [-0.4, -0.2) is 14.5 Å². The molecule has 0 saturated heterocycles. The van der Waals surface area contributed by atoms with Gasteiger partial charge in [-0.1, -0.05) is 35.9 Å². The highest BCUT2D eigenvalue weighted by Crippen LogP contribution is 2.33. The third-order valence-corrected chi connectivity index (χ3v) is 3.96. The lowest BCUT2D eigenvalue weighted by molar-refractivity contribution is 0.475. The number of nitrogens with zero attached hydrogens (tertiary/aromatic N) is 4. The van der Waals surface area contributed by atoms with Crippen LogP contribution >= 0.6 is 11.6 Å². The van der Waals surface area contributed by atoms with Crippen molar-refractivity contribution in [2.24, 2.45) is 10.2 Å². The SMILES string of the molecule is Oc1cccc(N=Nc2c(-c3ccc(Cl)cc3)nc3ccccn23)c1. The predicted molar refractivity (Wildman–Crippen MR) is 97.9 cm³/mol. The molecule has 0 fully saturated rings. The molecule has 4 rings (SSSR count). The average Bonchev–Trinajstić information content (AvgIpc) is 2.99. The van der Waals surface area contributed by atoms with E-state index in [0.29, 0.717) is 22.2 Å². The highest BCUT2D eigenvalue weighted by molar-refractivity contribution is 6.30. The molecule has 5 nitrogen and oxygen atoms in total. The number of aromatic nitrogens is 2. The van der Waals surface area contributed by atoms with Gasteiger partial charge in [-0.2, -0.15) is 0 Å². The van der Waals surface area contributed by atoms with Gasteiger partial charge in [-0.25, -0.2) is 4.98 Å². The first-order chi connectivity index (χ1) is 12.2. The van der Waals surface area contributed by atoms with E-state index >= 15 is 0 Å². The summed E-state index contributed by atoms with van der Waals surface area (Å²) in [6.45, 7) is 0. The molecule has 25 heavy (non-hydrogen) atoms. The quantitative estimate of drug-likeness (QED) is 0.477. The molecular formula is C19H13ClN4O. The minimum absolute atomic E-state index is 0.146. The number of imidazole rings is 1. The second kappa shape index (κ2) is 6.37. The summed E-state index contributed by atoms with van der Waals surface area (Å²) in [6, 6.07) is 19.8. The molecule has 0 unspecified atom stereocenters. The molecule has 0 aliphatic heterocycles. The molecule has 0 atom stereocenters. The van der Waals surface area contributed by atoms with Crippen molar-refractivity contribution in [2.45, 2.75) is 0 Å². The molecule has 2 heterocycles. The smallest absolute Gasteiger partial charge is 0.187 e. The minimum atomic E-state index is 0.146. The van der Waals surface area contributed by atoms with E-state index in [0.717, 1.165) is 11.2 Å². The number of fused-ring (bicyclic) bond motifs is 1. The van der Waals surface area contributed by atoms with E-state index in [1.165, 1.54) is 0 Å². The summed E-state index contributed by atoms with van der Waals surface area (Å²) < 4.78 is 1.87. The summed E-state index contributed by atoms with van der Waals surface area (Å²) >= 11 is 5.98. The number of azo groups is 1. The van der Waals surface area contributed by atoms with Crippen LogP contribution in [0.3, 0.4) is 0 Å². The van der Waals surface area contributed by atoms with Crippen LogP contribution < -0.4 is 0 Å². The highest BCUT2D eigenvalue weighted by Gasteiger charge is 2.13. The van der Waals surface area contributed by atoms with E-state index in [2.05, 4.69) is 15.2 Å². The van der Waals surface area contributed by atoms with Gasteiger partial charge in [-0.05, 0) is 36.4 Å². The fourth-order valence-electron chi connectivity index (χ4n) is 2.54. The summed E-state index contributed by atoms with van der Waals surface area (Å²) in [5.74, 6) is 0.758. The topological polar surface area (TPSA) is 62.2 Å². The normalized spacial score (nSPS) is 11.4. The largest absolute Gasteiger partial charge is 0.508 e. The van der Waals surface area contributed by atoms with Gasteiger partial charge in [0.05, 0.1) is 5.69 Å². The van der Waals surface area contributed by atoms with E-state index in [9.17, 15) is 5.11 Å². The molecule has 0 amide bonds. The Morgan fingerprint density at radius 3 is 2.56 bits per heavy atom. The van der Waals surface area contributed by atoms with E-state index in [1.54, 1.807) is 24.3 Å². The molecule has 4 aromatic rings. The van der Waals surface area contributed by atoms with Crippen LogP contribution in [0.5, 0.6) is 5.75 Å². The molecule has 122 valence electrons. The lowest BCUT2D eigenvalue weighted by Crippen LogP contribution is -1.81. The van der Waals surface area contributed by atoms with Crippen LogP contribution in [0.1, 0.15) is 0 Å². The maximum Gasteiger partial charge on any atom is 0.187 e. The molecule has 2 aromatic heterocycles. The van der Waals surface area contributed by atoms with Gasteiger partial charge in [0.25, 0.3) is 0 Å². The van der Waals surface area contributed by atoms with Crippen molar-refractivity contribution in [2.75, 3.05) is 0 Å². The third kappa shape index (κ3) is 3.09.